The van der Waals surface area contributed by atoms with Gasteiger partial charge in [0.05, 0.1) is 11.2 Å². The molecule has 0 saturated carbocycles. The minimum absolute atomic E-state index is 1.14. The van der Waals surface area contributed by atoms with Crippen LogP contribution in [-0.4, -0.2) is 4.98 Å². The summed E-state index contributed by atoms with van der Waals surface area (Å²) in [6, 6.07) is 0. The molecule has 1 nitrogen and oxygen atoms in total. The van der Waals surface area contributed by atoms with Gasteiger partial charge in [-0.1, -0.05) is 20.3 Å². The number of hydrogen-bond acceptors (Lipinski definition) is 2. The molecule has 0 saturated heterocycles. The van der Waals surface area contributed by atoms with Gasteiger partial charge in [0.15, 0.2) is 0 Å². The number of nitrogens with zero attached hydrogens (tertiary/aromatic N) is 1. The Morgan fingerprint density at radius 2 is 2.30 bits per heavy atom. The SMILES string of the molecule is CCCc1ncsc1CC. The highest BCUT2D eigenvalue weighted by atomic mass is 32.1. The van der Waals surface area contributed by atoms with Crippen LogP contribution in [0.3, 0.4) is 0 Å². The van der Waals surface area contributed by atoms with Crippen molar-refractivity contribution in [2.75, 3.05) is 0 Å². The van der Waals surface area contributed by atoms with Gasteiger partial charge in [0, 0.05) is 4.88 Å². The summed E-state index contributed by atoms with van der Waals surface area (Å²) in [5.74, 6) is 0. The highest BCUT2D eigenvalue weighted by molar-refractivity contribution is 7.09. The Morgan fingerprint density at radius 1 is 1.50 bits per heavy atom. The first-order valence-corrected chi connectivity index (χ1v) is 4.67. The van der Waals surface area contributed by atoms with Crippen molar-refractivity contribution in [3.63, 3.8) is 0 Å². The van der Waals surface area contributed by atoms with Crippen molar-refractivity contribution in [3.8, 4) is 0 Å². The maximum absolute atomic E-state index is 4.30. The number of hydrogen-bond donors (Lipinski definition) is 0. The molecule has 1 aromatic heterocycles. The summed E-state index contributed by atoms with van der Waals surface area (Å²) in [6.07, 6.45) is 3.49. The van der Waals surface area contributed by atoms with Crippen LogP contribution in [0.5, 0.6) is 0 Å². The molecule has 10 heavy (non-hydrogen) atoms. The van der Waals surface area contributed by atoms with Crippen LogP contribution in [-0.2, 0) is 12.8 Å². The topological polar surface area (TPSA) is 12.9 Å². The molecule has 2 heteroatoms. The van der Waals surface area contributed by atoms with Crippen molar-refractivity contribution in [1.29, 1.82) is 0 Å². The molecule has 1 aromatic rings. The van der Waals surface area contributed by atoms with Crippen molar-refractivity contribution in [2.45, 2.75) is 33.1 Å². The molecule has 0 aliphatic heterocycles. The van der Waals surface area contributed by atoms with Gasteiger partial charge in [-0.15, -0.1) is 11.3 Å². The number of aromatic nitrogens is 1. The second-order valence-electron chi connectivity index (χ2n) is 2.33. The van der Waals surface area contributed by atoms with Gasteiger partial charge in [-0.3, -0.25) is 0 Å². The second kappa shape index (κ2) is 3.71. The van der Waals surface area contributed by atoms with Crippen molar-refractivity contribution >= 4 is 11.3 Å². The van der Waals surface area contributed by atoms with E-state index in [4.69, 9.17) is 0 Å². The molecule has 1 heterocycles. The van der Waals surface area contributed by atoms with Crippen molar-refractivity contribution < 1.29 is 0 Å². The Labute approximate surface area is 66.1 Å². The Hall–Kier alpha value is -0.370. The molecule has 0 aliphatic rings. The number of aryl methyl sites for hydroxylation is 2. The predicted octanol–water partition coefficient (Wildman–Crippen LogP) is 2.66. The van der Waals surface area contributed by atoms with Gasteiger partial charge in [-0.05, 0) is 12.8 Å². The standard InChI is InChI=1S/C8H13NS/c1-3-5-7-8(4-2)10-6-9-7/h6H,3-5H2,1-2H3. The van der Waals surface area contributed by atoms with Crippen LogP contribution in [0.1, 0.15) is 30.8 Å². The van der Waals surface area contributed by atoms with E-state index in [2.05, 4.69) is 18.8 Å². The average Bonchev–Trinajstić information content (AvgIpc) is 2.36. The molecule has 0 aliphatic carbocycles. The Morgan fingerprint density at radius 3 is 2.90 bits per heavy atom. The quantitative estimate of drug-likeness (QED) is 0.654. The molecule has 0 spiro atoms. The van der Waals surface area contributed by atoms with Crippen LogP contribution < -0.4 is 0 Å². The van der Waals surface area contributed by atoms with Gasteiger partial charge >= 0.3 is 0 Å². The fourth-order valence-corrected chi connectivity index (χ4v) is 1.79. The van der Waals surface area contributed by atoms with E-state index in [1.165, 1.54) is 17.0 Å². The first kappa shape index (κ1) is 7.73. The monoisotopic (exact) mass is 155 g/mol. The zero-order chi connectivity index (χ0) is 7.40. The third kappa shape index (κ3) is 1.57. The van der Waals surface area contributed by atoms with Crippen molar-refractivity contribution in [3.05, 3.63) is 16.1 Å². The van der Waals surface area contributed by atoms with E-state index in [9.17, 15) is 0 Å². The zero-order valence-electron chi connectivity index (χ0n) is 6.55. The molecule has 0 aromatic carbocycles. The molecule has 0 atom stereocenters. The first-order chi connectivity index (χ1) is 4.88. The largest absolute Gasteiger partial charge is 0.249 e. The van der Waals surface area contributed by atoms with Crippen LogP contribution in [0.2, 0.25) is 0 Å². The lowest BCUT2D eigenvalue weighted by Crippen LogP contribution is -1.87. The van der Waals surface area contributed by atoms with E-state index in [1.807, 2.05) is 5.51 Å². The Kier molecular flexibility index (Phi) is 2.87. The number of rotatable bonds is 3. The van der Waals surface area contributed by atoms with E-state index in [0.717, 1.165) is 12.8 Å². The molecule has 0 bridgehead atoms. The van der Waals surface area contributed by atoms with Gasteiger partial charge in [-0.25, -0.2) is 4.98 Å². The molecule has 0 radical (unpaired) electrons. The zero-order valence-corrected chi connectivity index (χ0v) is 7.37. The van der Waals surface area contributed by atoms with Crippen LogP contribution in [0, 0.1) is 0 Å². The van der Waals surface area contributed by atoms with E-state index in [-0.39, 0.29) is 0 Å². The second-order valence-corrected chi connectivity index (χ2v) is 3.27. The van der Waals surface area contributed by atoms with Crippen molar-refractivity contribution in [2.24, 2.45) is 0 Å². The normalized spacial score (nSPS) is 10.2. The summed E-state index contributed by atoms with van der Waals surface area (Å²) < 4.78 is 0. The van der Waals surface area contributed by atoms with Crippen LogP contribution in [0.4, 0.5) is 0 Å². The Bertz CT molecular complexity index is 193. The first-order valence-electron chi connectivity index (χ1n) is 3.79. The Balaban J connectivity index is 2.70. The highest BCUT2D eigenvalue weighted by Gasteiger charge is 2.00. The van der Waals surface area contributed by atoms with E-state index in [1.54, 1.807) is 11.3 Å². The molecule has 0 amide bonds. The van der Waals surface area contributed by atoms with E-state index >= 15 is 0 Å². The van der Waals surface area contributed by atoms with Crippen molar-refractivity contribution in [1.82, 2.24) is 4.98 Å². The van der Waals surface area contributed by atoms with E-state index in [0.29, 0.717) is 0 Å². The maximum atomic E-state index is 4.30. The van der Waals surface area contributed by atoms with Gasteiger partial charge in [-0.2, -0.15) is 0 Å². The highest BCUT2D eigenvalue weighted by Crippen LogP contribution is 2.14. The lowest BCUT2D eigenvalue weighted by atomic mass is 10.2. The minimum Gasteiger partial charge on any atom is -0.249 e. The molecular weight excluding hydrogens is 142 g/mol. The van der Waals surface area contributed by atoms with Gasteiger partial charge in [0.2, 0.25) is 0 Å². The van der Waals surface area contributed by atoms with E-state index < -0.39 is 0 Å². The minimum atomic E-state index is 1.14. The molecular formula is C8H13NS. The summed E-state index contributed by atoms with van der Waals surface area (Å²) in [7, 11) is 0. The number of thiazole rings is 1. The summed E-state index contributed by atoms with van der Waals surface area (Å²) in [5.41, 5.74) is 3.26. The maximum Gasteiger partial charge on any atom is 0.0797 e. The predicted molar refractivity (Wildman–Crippen MR) is 45.5 cm³/mol. The smallest absolute Gasteiger partial charge is 0.0797 e. The molecule has 1 rings (SSSR count). The average molecular weight is 155 g/mol. The van der Waals surface area contributed by atoms with Crippen LogP contribution >= 0.6 is 11.3 Å². The molecule has 56 valence electrons. The van der Waals surface area contributed by atoms with Gasteiger partial charge in [0.25, 0.3) is 0 Å². The fraction of sp³-hybridized carbons (Fsp3) is 0.625. The third-order valence-electron chi connectivity index (χ3n) is 1.53. The van der Waals surface area contributed by atoms with Gasteiger partial charge < -0.3 is 0 Å². The van der Waals surface area contributed by atoms with Gasteiger partial charge in [0.1, 0.15) is 0 Å². The lowest BCUT2D eigenvalue weighted by molar-refractivity contribution is 0.875. The lowest BCUT2D eigenvalue weighted by Gasteiger charge is -1.94. The van der Waals surface area contributed by atoms with Crippen LogP contribution in [0.25, 0.3) is 0 Å². The summed E-state index contributed by atoms with van der Waals surface area (Å²) in [5, 5.41) is 0. The molecule has 0 fully saturated rings. The summed E-state index contributed by atoms with van der Waals surface area (Å²) in [4.78, 5) is 5.76. The summed E-state index contributed by atoms with van der Waals surface area (Å²) in [6.45, 7) is 4.38. The molecule has 0 unspecified atom stereocenters. The fourth-order valence-electron chi connectivity index (χ4n) is 1.02. The van der Waals surface area contributed by atoms with Crippen LogP contribution in [0.15, 0.2) is 5.51 Å². The molecule has 0 N–H and O–H groups in total. The third-order valence-corrected chi connectivity index (χ3v) is 2.55. The summed E-state index contributed by atoms with van der Waals surface area (Å²) >= 11 is 1.78.